The van der Waals surface area contributed by atoms with Crippen molar-refractivity contribution < 1.29 is 18.0 Å². The third-order valence-corrected chi connectivity index (χ3v) is 2.05. The molecule has 4 nitrogen and oxygen atoms in total. The number of alkyl halides is 3. The second-order valence-electron chi connectivity index (χ2n) is 3.68. The predicted molar refractivity (Wildman–Crippen MR) is 56.0 cm³/mol. The molecule has 1 amide bonds. The van der Waals surface area contributed by atoms with E-state index < -0.39 is 18.6 Å². The molecule has 0 heterocycles. The van der Waals surface area contributed by atoms with Crippen molar-refractivity contribution in [1.82, 2.24) is 10.2 Å². The lowest BCUT2D eigenvalue weighted by molar-refractivity contribution is -0.134. The van der Waals surface area contributed by atoms with E-state index in [0.717, 1.165) is 0 Å². The highest BCUT2D eigenvalue weighted by Crippen LogP contribution is 2.11. The Balaban J connectivity index is 4.06. The Kier molecular flexibility index (Phi) is 6.58. The number of likely N-dealkylation sites (N-methyl/N-ethyl adjacent to an activating group) is 1. The van der Waals surface area contributed by atoms with Gasteiger partial charge >= 0.3 is 6.18 Å². The van der Waals surface area contributed by atoms with Gasteiger partial charge in [-0.25, -0.2) is 0 Å². The first-order chi connectivity index (χ1) is 7.80. The van der Waals surface area contributed by atoms with E-state index in [1.54, 1.807) is 13.8 Å². The Labute approximate surface area is 98.4 Å². The summed E-state index contributed by atoms with van der Waals surface area (Å²) in [6, 6.07) is 1.97. The van der Waals surface area contributed by atoms with Crippen molar-refractivity contribution >= 4 is 5.91 Å². The maximum Gasteiger partial charge on any atom is 0.401 e. The van der Waals surface area contributed by atoms with E-state index in [4.69, 9.17) is 5.26 Å². The SMILES string of the molecule is CCN(CC(C)C#N)C(=O)CNCC(F)(F)F. The van der Waals surface area contributed by atoms with E-state index >= 15 is 0 Å². The van der Waals surface area contributed by atoms with Gasteiger partial charge in [-0.1, -0.05) is 0 Å². The second-order valence-corrected chi connectivity index (χ2v) is 3.68. The summed E-state index contributed by atoms with van der Waals surface area (Å²) in [4.78, 5) is 12.9. The molecule has 0 aliphatic rings. The van der Waals surface area contributed by atoms with Gasteiger partial charge in [-0.15, -0.1) is 0 Å². The van der Waals surface area contributed by atoms with Gasteiger partial charge in [-0.3, -0.25) is 4.79 Å². The zero-order chi connectivity index (χ0) is 13.5. The third-order valence-electron chi connectivity index (χ3n) is 2.05. The van der Waals surface area contributed by atoms with Gasteiger partial charge in [0.1, 0.15) is 0 Å². The smallest absolute Gasteiger partial charge is 0.341 e. The minimum atomic E-state index is -4.32. The molecule has 0 saturated carbocycles. The number of nitrogens with zero attached hydrogens (tertiary/aromatic N) is 2. The highest BCUT2D eigenvalue weighted by atomic mass is 19.4. The standard InChI is InChI=1S/C10H16F3N3O/c1-3-16(6-8(2)4-14)9(17)5-15-7-10(11,12)13/h8,15H,3,5-7H2,1-2H3. The monoisotopic (exact) mass is 251 g/mol. The van der Waals surface area contributed by atoms with Crippen LogP contribution in [-0.2, 0) is 4.79 Å². The fourth-order valence-corrected chi connectivity index (χ4v) is 1.20. The Morgan fingerprint density at radius 1 is 1.53 bits per heavy atom. The van der Waals surface area contributed by atoms with Gasteiger partial charge in [0.05, 0.1) is 25.1 Å². The average Bonchev–Trinajstić information content (AvgIpc) is 2.23. The highest BCUT2D eigenvalue weighted by Gasteiger charge is 2.27. The molecule has 1 N–H and O–H groups in total. The largest absolute Gasteiger partial charge is 0.401 e. The highest BCUT2D eigenvalue weighted by molar-refractivity contribution is 5.78. The number of hydrogen-bond acceptors (Lipinski definition) is 3. The van der Waals surface area contributed by atoms with Crippen LogP contribution in [0.4, 0.5) is 13.2 Å². The minimum Gasteiger partial charge on any atom is -0.341 e. The molecule has 1 atom stereocenters. The van der Waals surface area contributed by atoms with Crippen molar-refractivity contribution in [2.24, 2.45) is 5.92 Å². The van der Waals surface area contributed by atoms with Gasteiger partial charge in [0, 0.05) is 13.1 Å². The minimum absolute atomic E-state index is 0.236. The normalized spacial score (nSPS) is 12.9. The van der Waals surface area contributed by atoms with Gasteiger partial charge in [-0.2, -0.15) is 18.4 Å². The molecule has 0 aromatic heterocycles. The average molecular weight is 251 g/mol. The fourth-order valence-electron chi connectivity index (χ4n) is 1.20. The summed E-state index contributed by atoms with van der Waals surface area (Å²) < 4.78 is 35.5. The second kappa shape index (κ2) is 7.12. The molecular formula is C10H16F3N3O. The maximum absolute atomic E-state index is 11.8. The lowest BCUT2D eigenvalue weighted by Crippen LogP contribution is -2.42. The van der Waals surface area contributed by atoms with E-state index in [1.807, 2.05) is 11.4 Å². The molecule has 0 saturated heterocycles. The molecule has 0 aromatic carbocycles. The van der Waals surface area contributed by atoms with Crippen LogP contribution in [0.25, 0.3) is 0 Å². The lowest BCUT2D eigenvalue weighted by atomic mass is 10.2. The molecule has 17 heavy (non-hydrogen) atoms. The van der Waals surface area contributed by atoms with Crippen LogP contribution in [0.5, 0.6) is 0 Å². The van der Waals surface area contributed by atoms with Gasteiger partial charge in [0.25, 0.3) is 0 Å². The summed E-state index contributed by atoms with van der Waals surface area (Å²) in [7, 11) is 0. The number of halogens is 3. The molecule has 0 aliphatic heterocycles. The van der Waals surface area contributed by atoms with E-state index in [2.05, 4.69) is 0 Å². The zero-order valence-electron chi connectivity index (χ0n) is 9.84. The number of carbonyl (C=O) groups is 1. The van der Waals surface area contributed by atoms with E-state index in [1.165, 1.54) is 4.90 Å². The van der Waals surface area contributed by atoms with E-state index in [0.29, 0.717) is 6.54 Å². The summed E-state index contributed by atoms with van der Waals surface area (Å²) in [5, 5.41) is 10.6. The molecule has 0 fully saturated rings. The van der Waals surface area contributed by atoms with Crippen LogP contribution in [-0.4, -0.2) is 43.2 Å². The van der Waals surface area contributed by atoms with Crippen LogP contribution in [0.15, 0.2) is 0 Å². The molecule has 0 radical (unpaired) electrons. The Hall–Kier alpha value is -1.29. The van der Waals surface area contributed by atoms with Gasteiger partial charge in [-0.05, 0) is 13.8 Å². The van der Waals surface area contributed by atoms with Crippen molar-refractivity contribution in [2.45, 2.75) is 20.0 Å². The van der Waals surface area contributed by atoms with Gasteiger partial charge in [0.15, 0.2) is 0 Å². The van der Waals surface area contributed by atoms with Crippen LogP contribution in [0.2, 0.25) is 0 Å². The summed E-state index contributed by atoms with van der Waals surface area (Å²) in [5.41, 5.74) is 0. The number of rotatable bonds is 6. The van der Waals surface area contributed by atoms with Crippen LogP contribution < -0.4 is 5.32 Å². The van der Waals surface area contributed by atoms with Gasteiger partial charge < -0.3 is 10.2 Å². The number of nitrogens with one attached hydrogen (secondary N) is 1. The molecule has 0 aromatic rings. The molecule has 1 unspecified atom stereocenters. The number of amides is 1. The maximum atomic E-state index is 11.8. The van der Waals surface area contributed by atoms with Crippen molar-refractivity contribution in [3.05, 3.63) is 0 Å². The topological polar surface area (TPSA) is 56.1 Å². The first-order valence-electron chi connectivity index (χ1n) is 5.25. The molecule has 0 aliphatic carbocycles. The van der Waals surface area contributed by atoms with Crippen LogP contribution in [0.3, 0.4) is 0 Å². The van der Waals surface area contributed by atoms with Crippen molar-refractivity contribution in [3.63, 3.8) is 0 Å². The lowest BCUT2D eigenvalue weighted by Gasteiger charge is -2.22. The fraction of sp³-hybridized carbons (Fsp3) is 0.800. The number of hydrogen-bond donors (Lipinski definition) is 1. The molecule has 7 heteroatoms. The van der Waals surface area contributed by atoms with Gasteiger partial charge in [0.2, 0.25) is 5.91 Å². The summed E-state index contributed by atoms with van der Waals surface area (Å²) in [6.07, 6.45) is -4.32. The first kappa shape index (κ1) is 15.7. The van der Waals surface area contributed by atoms with Crippen molar-refractivity contribution in [2.75, 3.05) is 26.2 Å². The van der Waals surface area contributed by atoms with E-state index in [9.17, 15) is 18.0 Å². The Morgan fingerprint density at radius 2 is 2.12 bits per heavy atom. The predicted octanol–water partition coefficient (Wildman–Crippen LogP) is 1.15. The Bertz CT molecular complexity index is 286. The van der Waals surface area contributed by atoms with E-state index in [-0.39, 0.29) is 19.0 Å². The van der Waals surface area contributed by atoms with Crippen LogP contribution in [0, 0.1) is 17.2 Å². The molecule has 0 rings (SSSR count). The molecular weight excluding hydrogens is 235 g/mol. The number of nitriles is 1. The number of carbonyl (C=O) groups excluding carboxylic acids is 1. The van der Waals surface area contributed by atoms with Crippen LogP contribution in [0.1, 0.15) is 13.8 Å². The quantitative estimate of drug-likeness (QED) is 0.770. The summed E-state index contributed by atoms with van der Waals surface area (Å²) in [6.45, 7) is 2.42. The van der Waals surface area contributed by atoms with Crippen molar-refractivity contribution in [1.29, 1.82) is 5.26 Å². The molecule has 0 bridgehead atoms. The summed E-state index contributed by atoms with van der Waals surface area (Å²) >= 11 is 0. The molecule has 98 valence electrons. The zero-order valence-corrected chi connectivity index (χ0v) is 9.84. The Morgan fingerprint density at radius 3 is 2.53 bits per heavy atom. The summed E-state index contributed by atoms with van der Waals surface area (Å²) in [5.74, 6) is -0.764. The molecule has 0 spiro atoms. The third kappa shape index (κ3) is 7.58. The first-order valence-corrected chi connectivity index (χ1v) is 5.25. The van der Waals surface area contributed by atoms with Crippen molar-refractivity contribution in [3.8, 4) is 6.07 Å². The van der Waals surface area contributed by atoms with Crippen LogP contribution >= 0.6 is 0 Å².